The van der Waals surface area contributed by atoms with E-state index in [4.69, 9.17) is 0 Å². The molecular weight excluding hydrogens is 300 g/mol. The van der Waals surface area contributed by atoms with Gasteiger partial charge in [0.25, 0.3) is 5.91 Å². The smallest absolute Gasteiger partial charge is 0.252 e. The predicted octanol–water partition coefficient (Wildman–Crippen LogP) is 2.62. The van der Waals surface area contributed by atoms with E-state index in [1.54, 1.807) is 0 Å². The maximum absolute atomic E-state index is 12.8. The molecule has 0 aliphatic rings. The topological polar surface area (TPSA) is 48.5 Å². The first-order valence-corrected chi connectivity index (χ1v) is 8.20. The molecule has 2 aromatic rings. The fraction of sp³-hybridized carbons (Fsp3) is 0.474. The molecule has 24 heavy (non-hydrogen) atoms. The van der Waals surface area contributed by atoms with Gasteiger partial charge in [-0.1, -0.05) is 32.0 Å². The van der Waals surface area contributed by atoms with Gasteiger partial charge in [0.1, 0.15) is 5.82 Å². The summed E-state index contributed by atoms with van der Waals surface area (Å²) in [5.74, 6) is 0.731. The first-order valence-electron chi connectivity index (χ1n) is 8.20. The molecule has 1 N–H and O–H groups in total. The van der Waals surface area contributed by atoms with Crippen molar-refractivity contribution >= 4 is 22.6 Å². The Morgan fingerprint density at radius 1 is 1.17 bits per heavy atom. The van der Waals surface area contributed by atoms with E-state index in [-0.39, 0.29) is 11.3 Å². The number of amides is 1. The van der Waals surface area contributed by atoms with Crippen LogP contribution in [0, 0.1) is 5.41 Å². The van der Waals surface area contributed by atoms with Gasteiger partial charge in [-0.05, 0) is 31.6 Å². The number of anilines is 1. The number of nitrogens with one attached hydrogen (secondary N) is 1. The zero-order chi connectivity index (χ0) is 17.9. The second kappa shape index (κ2) is 7.18. The Morgan fingerprint density at radius 3 is 2.46 bits per heavy atom. The summed E-state index contributed by atoms with van der Waals surface area (Å²) in [6.45, 7) is 5.84. The van der Waals surface area contributed by atoms with Gasteiger partial charge in [-0.3, -0.25) is 4.79 Å². The normalized spacial score (nSPS) is 11.8. The average molecular weight is 328 g/mol. The number of pyridine rings is 1. The highest BCUT2D eigenvalue weighted by Crippen LogP contribution is 2.22. The lowest BCUT2D eigenvalue weighted by atomic mass is 9.92. The Kier molecular flexibility index (Phi) is 5.44. The molecule has 2 rings (SSSR count). The van der Waals surface area contributed by atoms with Gasteiger partial charge < -0.3 is 15.1 Å². The van der Waals surface area contributed by atoms with Crippen LogP contribution < -0.4 is 10.2 Å². The van der Waals surface area contributed by atoms with Crippen molar-refractivity contribution in [2.24, 2.45) is 5.41 Å². The summed E-state index contributed by atoms with van der Waals surface area (Å²) in [6, 6.07) is 9.62. The van der Waals surface area contributed by atoms with Crippen molar-refractivity contribution in [3.8, 4) is 0 Å². The Bertz CT molecular complexity index is 722. The number of nitrogens with zero attached hydrogens (tertiary/aromatic N) is 3. The molecule has 0 saturated carbocycles. The summed E-state index contributed by atoms with van der Waals surface area (Å²) in [4.78, 5) is 21.5. The van der Waals surface area contributed by atoms with Gasteiger partial charge in [0.05, 0.1) is 11.1 Å². The third-order valence-electron chi connectivity index (χ3n) is 3.88. The third-order valence-corrected chi connectivity index (χ3v) is 3.88. The second-order valence-corrected chi connectivity index (χ2v) is 7.52. The molecule has 0 fully saturated rings. The van der Waals surface area contributed by atoms with Crippen LogP contribution >= 0.6 is 0 Å². The molecule has 1 amide bonds. The molecule has 5 heteroatoms. The molecule has 0 aliphatic heterocycles. The number of hydrogen-bond donors (Lipinski definition) is 1. The van der Waals surface area contributed by atoms with Crippen molar-refractivity contribution in [3.63, 3.8) is 0 Å². The van der Waals surface area contributed by atoms with Gasteiger partial charge in [-0.2, -0.15) is 0 Å². The van der Waals surface area contributed by atoms with Crippen molar-refractivity contribution in [3.05, 3.63) is 35.9 Å². The van der Waals surface area contributed by atoms with E-state index in [0.717, 1.165) is 23.3 Å². The van der Waals surface area contributed by atoms with Crippen molar-refractivity contribution in [2.75, 3.05) is 46.2 Å². The van der Waals surface area contributed by atoms with Crippen LogP contribution in [0.1, 0.15) is 24.2 Å². The minimum absolute atomic E-state index is 0.00632. The highest BCUT2D eigenvalue weighted by Gasteiger charge is 2.21. The molecule has 0 unspecified atom stereocenters. The van der Waals surface area contributed by atoms with E-state index in [1.165, 1.54) is 0 Å². The van der Waals surface area contributed by atoms with Crippen LogP contribution in [0.5, 0.6) is 0 Å². The Labute approximate surface area is 144 Å². The third kappa shape index (κ3) is 4.45. The van der Waals surface area contributed by atoms with Crippen molar-refractivity contribution < 1.29 is 4.79 Å². The molecule has 0 saturated heterocycles. The summed E-state index contributed by atoms with van der Waals surface area (Å²) in [7, 11) is 7.95. The lowest BCUT2D eigenvalue weighted by Gasteiger charge is -2.28. The number of hydrogen-bond acceptors (Lipinski definition) is 4. The first kappa shape index (κ1) is 18.2. The summed E-state index contributed by atoms with van der Waals surface area (Å²) in [5, 5.41) is 3.97. The van der Waals surface area contributed by atoms with Crippen LogP contribution in [0.2, 0.25) is 0 Å². The van der Waals surface area contributed by atoms with Gasteiger partial charge in [0.2, 0.25) is 0 Å². The van der Waals surface area contributed by atoms with Crippen LogP contribution in [-0.4, -0.2) is 57.1 Å². The lowest BCUT2D eigenvalue weighted by Crippen LogP contribution is -2.40. The largest absolute Gasteiger partial charge is 0.363 e. The van der Waals surface area contributed by atoms with Gasteiger partial charge in [0, 0.05) is 32.6 Å². The van der Waals surface area contributed by atoms with E-state index in [0.29, 0.717) is 12.1 Å². The SMILES string of the molecule is CN(C)CC(C)(C)CNC(=O)c1cc(N(C)C)nc2ccccc12. The van der Waals surface area contributed by atoms with E-state index in [1.807, 2.05) is 63.4 Å². The molecule has 0 spiro atoms. The average Bonchev–Trinajstić information content (AvgIpc) is 2.50. The van der Waals surface area contributed by atoms with Crippen LogP contribution in [0.3, 0.4) is 0 Å². The summed E-state index contributed by atoms with van der Waals surface area (Å²) < 4.78 is 0. The molecule has 130 valence electrons. The number of fused-ring (bicyclic) bond motifs is 1. The Hall–Kier alpha value is -2.14. The van der Waals surface area contributed by atoms with Gasteiger partial charge in [0.15, 0.2) is 0 Å². The summed E-state index contributed by atoms with van der Waals surface area (Å²) >= 11 is 0. The van der Waals surface area contributed by atoms with Crippen molar-refractivity contribution in [2.45, 2.75) is 13.8 Å². The number of aromatic nitrogens is 1. The highest BCUT2D eigenvalue weighted by atomic mass is 16.1. The van der Waals surface area contributed by atoms with Gasteiger partial charge in [-0.15, -0.1) is 0 Å². The number of carbonyl (C=O) groups is 1. The molecule has 0 atom stereocenters. The quantitative estimate of drug-likeness (QED) is 0.885. The first-order chi connectivity index (χ1) is 11.2. The number of rotatable bonds is 6. The molecule has 0 radical (unpaired) electrons. The number of benzene rings is 1. The van der Waals surface area contributed by atoms with Crippen LogP contribution in [0.15, 0.2) is 30.3 Å². The number of para-hydroxylation sites is 1. The van der Waals surface area contributed by atoms with Gasteiger partial charge >= 0.3 is 0 Å². The molecule has 0 aliphatic carbocycles. The zero-order valence-electron chi connectivity index (χ0n) is 15.6. The monoisotopic (exact) mass is 328 g/mol. The minimum atomic E-state index is -0.0523. The maximum Gasteiger partial charge on any atom is 0.252 e. The van der Waals surface area contributed by atoms with Crippen LogP contribution in [0.25, 0.3) is 10.9 Å². The molecule has 0 bridgehead atoms. The lowest BCUT2D eigenvalue weighted by molar-refractivity contribution is 0.0931. The molecule has 1 heterocycles. The van der Waals surface area contributed by atoms with Gasteiger partial charge in [-0.25, -0.2) is 4.98 Å². The predicted molar refractivity (Wildman–Crippen MR) is 101 cm³/mol. The van der Waals surface area contributed by atoms with Crippen LogP contribution in [0.4, 0.5) is 5.82 Å². The fourth-order valence-corrected chi connectivity index (χ4v) is 2.91. The summed E-state index contributed by atoms with van der Waals surface area (Å²) in [6.07, 6.45) is 0. The molecule has 5 nitrogen and oxygen atoms in total. The van der Waals surface area contributed by atoms with Crippen molar-refractivity contribution in [1.29, 1.82) is 0 Å². The Morgan fingerprint density at radius 2 is 1.83 bits per heavy atom. The van der Waals surface area contributed by atoms with E-state index >= 15 is 0 Å². The zero-order valence-corrected chi connectivity index (χ0v) is 15.6. The van der Waals surface area contributed by atoms with E-state index in [2.05, 4.69) is 29.0 Å². The van der Waals surface area contributed by atoms with Crippen LogP contribution in [-0.2, 0) is 0 Å². The molecular formula is C19H28N4O. The minimum Gasteiger partial charge on any atom is -0.363 e. The second-order valence-electron chi connectivity index (χ2n) is 7.52. The molecule has 1 aromatic heterocycles. The van der Waals surface area contributed by atoms with Crippen molar-refractivity contribution in [1.82, 2.24) is 15.2 Å². The Balaban J connectivity index is 2.28. The number of carbonyl (C=O) groups excluding carboxylic acids is 1. The van der Waals surface area contributed by atoms with E-state index < -0.39 is 0 Å². The molecule has 1 aromatic carbocycles. The summed E-state index contributed by atoms with van der Waals surface area (Å²) in [5.41, 5.74) is 1.51. The maximum atomic E-state index is 12.8. The highest BCUT2D eigenvalue weighted by molar-refractivity contribution is 6.07. The fourth-order valence-electron chi connectivity index (χ4n) is 2.91. The standard InChI is InChI=1S/C19H28N4O/c1-19(2,13-22(3)4)12-20-18(24)15-11-17(23(5)6)21-16-10-8-7-9-14(15)16/h7-11H,12-13H2,1-6H3,(H,20,24). The van der Waals surface area contributed by atoms with E-state index in [9.17, 15) is 4.79 Å².